The number of hydrogen-bond donors (Lipinski definition) is 1. The van der Waals surface area contributed by atoms with Gasteiger partial charge in [-0.3, -0.25) is 9.88 Å². The molecule has 2 aromatic rings. The van der Waals surface area contributed by atoms with E-state index in [4.69, 9.17) is 0 Å². The fourth-order valence-corrected chi connectivity index (χ4v) is 3.95. The van der Waals surface area contributed by atoms with Crippen LogP contribution in [0.1, 0.15) is 24.0 Å². The first kappa shape index (κ1) is 19.7. The zero-order chi connectivity index (χ0) is 19.1. The van der Waals surface area contributed by atoms with Gasteiger partial charge in [-0.25, -0.2) is 4.79 Å². The number of hydrogen-bond acceptors (Lipinski definition) is 4. The maximum absolute atomic E-state index is 12.6. The summed E-state index contributed by atoms with van der Waals surface area (Å²) in [5.41, 5.74) is 2.37. The van der Waals surface area contributed by atoms with Gasteiger partial charge in [-0.1, -0.05) is 18.2 Å². The summed E-state index contributed by atoms with van der Waals surface area (Å²) in [6, 6.07) is 12.6. The minimum Gasteiger partial charge on any atom is -0.334 e. The van der Waals surface area contributed by atoms with Crippen molar-refractivity contribution in [3.8, 4) is 0 Å². The highest BCUT2D eigenvalue weighted by Gasteiger charge is 2.22. The highest BCUT2D eigenvalue weighted by atomic mass is 32.2. The van der Waals surface area contributed by atoms with Crippen molar-refractivity contribution >= 4 is 17.8 Å². The van der Waals surface area contributed by atoms with Crippen LogP contribution < -0.4 is 5.32 Å². The molecule has 1 fully saturated rings. The summed E-state index contributed by atoms with van der Waals surface area (Å²) in [6.45, 7) is 3.46. The maximum atomic E-state index is 12.6. The lowest BCUT2D eigenvalue weighted by Crippen LogP contribution is -2.50. The Labute approximate surface area is 166 Å². The largest absolute Gasteiger partial charge is 0.334 e. The first-order chi connectivity index (χ1) is 13.1. The SMILES string of the molecule is CSc1cccc(CN(C)C(=O)NC2CCCN(Cc3cccnc3)C2)c1. The molecule has 1 aromatic carbocycles. The van der Waals surface area contributed by atoms with E-state index < -0.39 is 0 Å². The summed E-state index contributed by atoms with van der Waals surface area (Å²) in [7, 11) is 1.86. The van der Waals surface area contributed by atoms with E-state index in [1.54, 1.807) is 22.9 Å². The van der Waals surface area contributed by atoms with Gasteiger partial charge in [-0.2, -0.15) is 0 Å². The van der Waals surface area contributed by atoms with Gasteiger partial charge in [0.25, 0.3) is 0 Å². The monoisotopic (exact) mass is 384 g/mol. The van der Waals surface area contributed by atoms with Crippen molar-refractivity contribution in [1.29, 1.82) is 0 Å². The van der Waals surface area contributed by atoms with Gasteiger partial charge in [0, 0.05) is 50.0 Å². The number of nitrogens with zero attached hydrogens (tertiary/aromatic N) is 3. The minimum atomic E-state index is -0.00205. The third kappa shape index (κ3) is 5.97. The van der Waals surface area contributed by atoms with E-state index in [1.165, 1.54) is 10.5 Å². The molecule has 144 valence electrons. The first-order valence-electron chi connectivity index (χ1n) is 9.40. The number of thioether (sulfide) groups is 1. The third-order valence-corrected chi connectivity index (χ3v) is 5.59. The number of aromatic nitrogens is 1. The van der Waals surface area contributed by atoms with Gasteiger partial charge in [-0.05, 0) is 55.0 Å². The summed E-state index contributed by atoms with van der Waals surface area (Å²) >= 11 is 1.72. The van der Waals surface area contributed by atoms with Gasteiger partial charge in [0.2, 0.25) is 0 Å². The van der Waals surface area contributed by atoms with Crippen LogP contribution in [0.2, 0.25) is 0 Å². The van der Waals surface area contributed by atoms with Crippen LogP contribution in [0.4, 0.5) is 4.79 Å². The van der Waals surface area contributed by atoms with Crippen molar-refractivity contribution in [3.63, 3.8) is 0 Å². The molecule has 27 heavy (non-hydrogen) atoms. The molecule has 1 aliphatic rings. The average Bonchev–Trinajstić information content (AvgIpc) is 2.69. The second-order valence-electron chi connectivity index (χ2n) is 7.09. The number of piperidine rings is 1. The highest BCUT2D eigenvalue weighted by molar-refractivity contribution is 7.98. The second kappa shape index (κ2) is 9.76. The molecule has 5 nitrogen and oxygen atoms in total. The summed E-state index contributed by atoms with van der Waals surface area (Å²) < 4.78 is 0. The topological polar surface area (TPSA) is 48.5 Å². The van der Waals surface area contributed by atoms with Crippen molar-refractivity contribution in [2.24, 2.45) is 0 Å². The number of nitrogens with one attached hydrogen (secondary N) is 1. The molecular formula is C21H28N4OS. The zero-order valence-corrected chi connectivity index (χ0v) is 16.9. The van der Waals surface area contributed by atoms with Gasteiger partial charge in [0.15, 0.2) is 0 Å². The van der Waals surface area contributed by atoms with Crippen LogP contribution in [0, 0.1) is 0 Å². The Hall–Kier alpha value is -2.05. The van der Waals surface area contributed by atoms with Crippen molar-refractivity contribution in [3.05, 3.63) is 59.9 Å². The summed E-state index contributed by atoms with van der Waals surface area (Å²) in [4.78, 5) is 22.2. The highest BCUT2D eigenvalue weighted by Crippen LogP contribution is 2.17. The summed E-state index contributed by atoms with van der Waals surface area (Å²) in [6.07, 6.45) is 7.91. The van der Waals surface area contributed by atoms with Crippen LogP contribution in [0.3, 0.4) is 0 Å². The Morgan fingerprint density at radius 1 is 1.33 bits per heavy atom. The van der Waals surface area contributed by atoms with Crippen LogP contribution in [0.15, 0.2) is 53.7 Å². The smallest absolute Gasteiger partial charge is 0.317 e. The fraction of sp³-hybridized carbons (Fsp3) is 0.429. The van der Waals surface area contributed by atoms with Crippen LogP contribution in [-0.4, -0.2) is 53.2 Å². The van der Waals surface area contributed by atoms with Crippen LogP contribution >= 0.6 is 11.8 Å². The van der Waals surface area contributed by atoms with Crippen LogP contribution in [0.25, 0.3) is 0 Å². The van der Waals surface area contributed by atoms with Crippen molar-refractivity contribution < 1.29 is 4.79 Å². The van der Waals surface area contributed by atoms with Gasteiger partial charge >= 0.3 is 6.03 Å². The molecule has 0 radical (unpaired) electrons. The number of rotatable bonds is 6. The van der Waals surface area contributed by atoms with E-state index in [2.05, 4.69) is 45.7 Å². The molecule has 0 aliphatic carbocycles. The van der Waals surface area contributed by atoms with Crippen molar-refractivity contribution in [2.45, 2.75) is 36.9 Å². The Kier molecular flexibility index (Phi) is 7.12. The Morgan fingerprint density at radius 3 is 2.96 bits per heavy atom. The van der Waals surface area contributed by atoms with E-state index in [9.17, 15) is 4.79 Å². The normalized spacial score (nSPS) is 17.5. The number of carbonyl (C=O) groups is 1. The number of benzene rings is 1. The number of amides is 2. The summed E-state index contributed by atoms with van der Waals surface area (Å²) in [5.74, 6) is 0. The molecule has 0 spiro atoms. The van der Waals surface area contributed by atoms with Crippen LogP contribution in [-0.2, 0) is 13.1 Å². The zero-order valence-electron chi connectivity index (χ0n) is 16.1. The maximum Gasteiger partial charge on any atom is 0.317 e. The molecule has 2 amide bonds. The van der Waals surface area contributed by atoms with E-state index in [-0.39, 0.29) is 12.1 Å². The second-order valence-corrected chi connectivity index (χ2v) is 7.97. The number of likely N-dealkylation sites (tertiary alicyclic amines) is 1. The van der Waals surface area contributed by atoms with E-state index >= 15 is 0 Å². The van der Waals surface area contributed by atoms with Crippen LogP contribution in [0.5, 0.6) is 0 Å². The van der Waals surface area contributed by atoms with Gasteiger partial charge in [0.1, 0.15) is 0 Å². The minimum absolute atomic E-state index is 0.00205. The lowest BCUT2D eigenvalue weighted by molar-refractivity contribution is 0.167. The van der Waals surface area contributed by atoms with E-state index in [0.717, 1.165) is 38.0 Å². The molecule has 1 aromatic heterocycles. The lowest BCUT2D eigenvalue weighted by atomic mass is 10.1. The number of pyridine rings is 1. The molecule has 1 unspecified atom stereocenters. The molecule has 3 rings (SSSR count). The number of urea groups is 1. The standard InChI is InChI=1S/C21H28N4OS/c1-24(14-17-6-3-9-20(12-17)27-2)21(26)23-19-8-5-11-25(16-19)15-18-7-4-10-22-13-18/h3-4,6-7,9-10,12-13,19H,5,8,11,14-16H2,1-2H3,(H,23,26). The molecule has 0 saturated carbocycles. The molecule has 1 N–H and O–H groups in total. The molecule has 1 saturated heterocycles. The summed E-state index contributed by atoms with van der Waals surface area (Å²) in [5, 5.41) is 3.21. The van der Waals surface area contributed by atoms with Crippen molar-refractivity contribution in [2.75, 3.05) is 26.4 Å². The van der Waals surface area contributed by atoms with Gasteiger partial charge in [0.05, 0.1) is 0 Å². The Balaban J connectivity index is 1.50. The average molecular weight is 385 g/mol. The molecule has 0 bridgehead atoms. The first-order valence-corrected chi connectivity index (χ1v) is 10.6. The molecule has 1 atom stereocenters. The Morgan fingerprint density at radius 2 is 2.19 bits per heavy atom. The van der Waals surface area contributed by atoms with Gasteiger partial charge in [-0.15, -0.1) is 11.8 Å². The fourth-order valence-electron chi connectivity index (χ4n) is 3.47. The molecule has 1 aliphatic heterocycles. The quantitative estimate of drug-likeness (QED) is 0.773. The molecule has 6 heteroatoms. The molecule has 2 heterocycles. The van der Waals surface area contributed by atoms with Gasteiger partial charge < -0.3 is 10.2 Å². The predicted octanol–water partition coefficient (Wildman–Crippen LogP) is 3.61. The van der Waals surface area contributed by atoms with Crippen molar-refractivity contribution in [1.82, 2.24) is 20.1 Å². The lowest BCUT2D eigenvalue weighted by Gasteiger charge is -2.34. The predicted molar refractivity (Wildman–Crippen MR) is 111 cm³/mol. The molecular weight excluding hydrogens is 356 g/mol. The van der Waals surface area contributed by atoms with E-state index in [0.29, 0.717) is 6.54 Å². The van der Waals surface area contributed by atoms with E-state index in [1.807, 2.05) is 25.4 Å². The third-order valence-electron chi connectivity index (χ3n) is 4.86. The Bertz CT molecular complexity index is 740. The number of carbonyl (C=O) groups excluding carboxylic acids is 1.